The molecule has 0 saturated carbocycles. The van der Waals surface area contributed by atoms with Crippen molar-refractivity contribution in [3.05, 3.63) is 28.8 Å². The van der Waals surface area contributed by atoms with Gasteiger partial charge in [0.05, 0.1) is 6.54 Å². The standard InChI is InChI=1S/C14H19ClN2O3/c15-12-2-3-13(18)11(8-12)9-16-4-1-5-17(7-6-16)10-14(19)20/h2-3,8,18H,1,4-7,9-10H2,(H,19,20). The number of carboxylic acid groups (broad SMARTS) is 1. The fourth-order valence-electron chi connectivity index (χ4n) is 2.45. The average molecular weight is 299 g/mol. The Morgan fingerprint density at radius 1 is 1.20 bits per heavy atom. The quantitative estimate of drug-likeness (QED) is 0.885. The van der Waals surface area contributed by atoms with Gasteiger partial charge in [-0.15, -0.1) is 0 Å². The first-order chi connectivity index (χ1) is 9.54. The number of halogens is 1. The lowest BCUT2D eigenvalue weighted by Gasteiger charge is -2.21. The van der Waals surface area contributed by atoms with Crippen LogP contribution >= 0.6 is 11.6 Å². The average Bonchev–Trinajstić information content (AvgIpc) is 2.59. The molecule has 0 amide bonds. The summed E-state index contributed by atoms with van der Waals surface area (Å²) in [6, 6.07) is 5.04. The lowest BCUT2D eigenvalue weighted by molar-refractivity contribution is -0.138. The number of hydrogen-bond donors (Lipinski definition) is 2. The van der Waals surface area contributed by atoms with Crippen molar-refractivity contribution in [2.45, 2.75) is 13.0 Å². The van der Waals surface area contributed by atoms with E-state index >= 15 is 0 Å². The molecular formula is C14H19ClN2O3. The molecule has 0 spiro atoms. The van der Waals surface area contributed by atoms with Crippen LogP contribution in [0.5, 0.6) is 5.75 Å². The second-order valence-electron chi connectivity index (χ2n) is 5.07. The third-order valence-electron chi connectivity index (χ3n) is 3.48. The van der Waals surface area contributed by atoms with Crippen molar-refractivity contribution in [2.75, 3.05) is 32.7 Å². The molecule has 0 bridgehead atoms. The first-order valence-corrected chi connectivity index (χ1v) is 7.06. The van der Waals surface area contributed by atoms with Crippen molar-refractivity contribution in [3.63, 3.8) is 0 Å². The predicted molar refractivity (Wildman–Crippen MR) is 77.1 cm³/mol. The maximum absolute atomic E-state index is 10.7. The lowest BCUT2D eigenvalue weighted by atomic mass is 10.2. The number of benzene rings is 1. The topological polar surface area (TPSA) is 64.0 Å². The van der Waals surface area contributed by atoms with Crippen LogP contribution in [0.25, 0.3) is 0 Å². The van der Waals surface area contributed by atoms with Crippen LogP contribution in [0.4, 0.5) is 0 Å². The number of aromatic hydroxyl groups is 1. The molecule has 1 aromatic carbocycles. The Kier molecular flexibility index (Phi) is 5.23. The van der Waals surface area contributed by atoms with Gasteiger partial charge in [-0.25, -0.2) is 0 Å². The van der Waals surface area contributed by atoms with Crippen molar-refractivity contribution in [2.24, 2.45) is 0 Å². The van der Waals surface area contributed by atoms with E-state index in [2.05, 4.69) is 4.90 Å². The van der Waals surface area contributed by atoms with Crippen LogP contribution in [0.1, 0.15) is 12.0 Å². The van der Waals surface area contributed by atoms with Crippen LogP contribution in [-0.2, 0) is 11.3 Å². The highest BCUT2D eigenvalue weighted by atomic mass is 35.5. The third-order valence-corrected chi connectivity index (χ3v) is 3.71. The van der Waals surface area contributed by atoms with Crippen LogP contribution in [-0.4, -0.2) is 58.7 Å². The zero-order chi connectivity index (χ0) is 14.5. The number of nitrogens with zero attached hydrogens (tertiary/aromatic N) is 2. The number of phenolic OH excluding ortho intramolecular Hbond substituents is 1. The molecular weight excluding hydrogens is 280 g/mol. The number of phenols is 1. The van der Waals surface area contributed by atoms with Crippen molar-refractivity contribution in [1.82, 2.24) is 9.80 Å². The van der Waals surface area contributed by atoms with E-state index in [1.807, 2.05) is 4.90 Å². The molecule has 0 aromatic heterocycles. The predicted octanol–water partition coefficient (Wildman–Crippen LogP) is 1.64. The molecule has 20 heavy (non-hydrogen) atoms. The van der Waals surface area contributed by atoms with Gasteiger partial charge in [0.15, 0.2) is 0 Å². The summed E-state index contributed by atoms with van der Waals surface area (Å²) in [5.41, 5.74) is 0.809. The molecule has 1 saturated heterocycles. The number of carbonyl (C=O) groups is 1. The summed E-state index contributed by atoms with van der Waals surface area (Å²) < 4.78 is 0. The van der Waals surface area contributed by atoms with E-state index in [4.69, 9.17) is 16.7 Å². The van der Waals surface area contributed by atoms with E-state index < -0.39 is 5.97 Å². The Labute approximate surface area is 123 Å². The molecule has 2 N–H and O–H groups in total. The number of aliphatic carboxylic acids is 1. The van der Waals surface area contributed by atoms with Gasteiger partial charge in [0, 0.05) is 36.8 Å². The van der Waals surface area contributed by atoms with Crippen molar-refractivity contribution in [3.8, 4) is 5.75 Å². The summed E-state index contributed by atoms with van der Waals surface area (Å²) in [5.74, 6) is -0.535. The van der Waals surface area contributed by atoms with Gasteiger partial charge in [-0.1, -0.05) is 11.6 Å². The third kappa shape index (κ3) is 4.37. The molecule has 0 atom stereocenters. The molecule has 1 aliphatic heterocycles. The van der Waals surface area contributed by atoms with Crippen LogP contribution in [0.2, 0.25) is 5.02 Å². The summed E-state index contributed by atoms with van der Waals surface area (Å²) in [5, 5.41) is 19.3. The van der Waals surface area contributed by atoms with E-state index in [1.165, 1.54) is 0 Å². The number of carboxylic acids is 1. The van der Waals surface area contributed by atoms with Gasteiger partial charge in [-0.05, 0) is 31.2 Å². The second kappa shape index (κ2) is 6.92. The molecule has 110 valence electrons. The smallest absolute Gasteiger partial charge is 0.317 e. The maximum atomic E-state index is 10.7. The molecule has 0 unspecified atom stereocenters. The van der Waals surface area contributed by atoms with Gasteiger partial charge in [-0.3, -0.25) is 14.6 Å². The fourth-order valence-corrected chi connectivity index (χ4v) is 2.65. The van der Waals surface area contributed by atoms with Crippen LogP contribution in [0, 0.1) is 0 Å². The van der Waals surface area contributed by atoms with Gasteiger partial charge in [-0.2, -0.15) is 0 Å². The Balaban J connectivity index is 1.94. The van der Waals surface area contributed by atoms with Crippen molar-refractivity contribution < 1.29 is 15.0 Å². The Morgan fingerprint density at radius 3 is 2.65 bits per heavy atom. The van der Waals surface area contributed by atoms with E-state index in [0.717, 1.165) is 38.2 Å². The summed E-state index contributed by atoms with van der Waals surface area (Å²) in [6.07, 6.45) is 0.925. The second-order valence-corrected chi connectivity index (χ2v) is 5.51. The summed E-state index contributed by atoms with van der Waals surface area (Å²) >= 11 is 5.94. The van der Waals surface area contributed by atoms with Gasteiger partial charge in [0.2, 0.25) is 0 Å². The number of rotatable bonds is 4. The van der Waals surface area contributed by atoms with Crippen LogP contribution in [0.15, 0.2) is 18.2 Å². The molecule has 0 aliphatic carbocycles. The van der Waals surface area contributed by atoms with E-state index in [0.29, 0.717) is 11.6 Å². The number of hydrogen-bond acceptors (Lipinski definition) is 4. The van der Waals surface area contributed by atoms with Gasteiger partial charge < -0.3 is 10.2 Å². The summed E-state index contributed by atoms with van der Waals surface area (Å²) in [6.45, 7) is 3.93. The molecule has 6 heteroatoms. The molecule has 2 rings (SSSR count). The largest absolute Gasteiger partial charge is 0.508 e. The van der Waals surface area contributed by atoms with E-state index in [-0.39, 0.29) is 12.3 Å². The molecule has 5 nitrogen and oxygen atoms in total. The Bertz CT molecular complexity index is 481. The molecule has 0 radical (unpaired) electrons. The minimum absolute atomic E-state index is 0.0935. The molecule has 1 heterocycles. The maximum Gasteiger partial charge on any atom is 0.317 e. The monoisotopic (exact) mass is 298 g/mol. The minimum Gasteiger partial charge on any atom is -0.508 e. The highest BCUT2D eigenvalue weighted by Crippen LogP contribution is 2.23. The lowest BCUT2D eigenvalue weighted by Crippen LogP contribution is -2.34. The normalized spacial score (nSPS) is 17.9. The fraction of sp³-hybridized carbons (Fsp3) is 0.500. The SMILES string of the molecule is O=C(O)CN1CCCN(Cc2cc(Cl)ccc2O)CC1. The van der Waals surface area contributed by atoms with Crippen molar-refractivity contribution >= 4 is 17.6 Å². The van der Waals surface area contributed by atoms with Gasteiger partial charge in [0.25, 0.3) is 0 Å². The highest BCUT2D eigenvalue weighted by Gasteiger charge is 2.17. The molecule has 1 aliphatic rings. The van der Waals surface area contributed by atoms with Gasteiger partial charge in [0.1, 0.15) is 5.75 Å². The zero-order valence-electron chi connectivity index (χ0n) is 11.3. The first kappa shape index (κ1) is 15.1. The van der Waals surface area contributed by atoms with Crippen molar-refractivity contribution in [1.29, 1.82) is 0 Å². The van der Waals surface area contributed by atoms with Crippen LogP contribution in [0.3, 0.4) is 0 Å². The molecule has 1 aromatic rings. The Hall–Kier alpha value is -1.30. The van der Waals surface area contributed by atoms with Gasteiger partial charge >= 0.3 is 5.97 Å². The van der Waals surface area contributed by atoms with E-state index in [1.54, 1.807) is 18.2 Å². The zero-order valence-corrected chi connectivity index (χ0v) is 12.0. The summed E-state index contributed by atoms with van der Waals surface area (Å²) in [7, 11) is 0. The summed E-state index contributed by atoms with van der Waals surface area (Å²) in [4.78, 5) is 14.9. The van der Waals surface area contributed by atoms with Crippen LogP contribution < -0.4 is 0 Å². The highest BCUT2D eigenvalue weighted by molar-refractivity contribution is 6.30. The molecule has 1 fully saturated rings. The minimum atomic E-state index is -0.786. The Morgan fingerprint density at radius 2 is 1.90 bits per heavy atom. The van der Waals surface area contributed by atoms with E-state index in [9.17, 15) is 9.90 Å². The first-order valence-electron chi connectivity index (χ1n) is 6.68.